The molecule has 11 nitrogen and oxygen atoms in total. The normalized spacial score (nSPS) is 19.7. The van der Waals surface area contributed by atoms with E-state index in [0.29, 0.717) is 0 Å². The Morgan fingerprint density at radius 3 is 1.78 bits per heavy atom. The van der Waals surface area contributed by atoms with Gasteiger partial charge in [-0.15, -0.1) is 0 Å². The molecule has 2 saturated heterocycles. The maximum Gasteiger partial charge on any atom is 0.414 e. The minimum absolute atomic E-state index is 0.00192. The van der Waals surface area contributed by atoms with Crippen molar-refractivity contribution in [1.82, 2.24) is 10.0 Å². The van der Waals surface area contributed by atoms with Crippen LogP contribution in [0.4, 0.5) is 29.7 Å². The second-order valence-electron chi connectivity index (χ2n) is 8.62. The van der Waals surface area contributed by atoms with E-state index >= 15 is 8.78 Å². The van der Waals surface area contributed by atoms with Gasteiger partial charge in [0.2, 0.25) is 15.9 Å². The summed E-state index contributed by atoms with van der Waals surface area (Å²) in [6, 6.07) is 7.65. The number of nitrogens with zero attached hydrogens (tertiary/aromatic N) is 2. The number of amides is 3. The van der Waals surface area contributed by atoms with E-state index in [9.17, 15) is 22.8 Å². The summed E-state index contributed by atoms with van der Waals surface area (Å²) in [7, 11) is -3.48. The molecule has 0 saturated carbocycles. The fourth-order valence-electron chi connectivity index (χ4n) is 3.96. The predicted octanol–water partition coefficient (Wildman–Crippen LogP) is 1.97. The van der Waals surface area contributed by atoms with Crippen LogP contribution in [0.2, 0.25) is 0 Å². The van der Waals surface area contributed by atoms with E-state index in [1.54, 1.807) is 0 Å². The molecule has 14 heteroatoms. The predicted molar refractivity (Wildman–Crippen MR) is 129 cm³/mol. The lowest BCUT2D eigenvalue weighted by Crippen LogP contribution is -2.34. The topological polar surface area (TPSA) is 134 Å². The molecule has 2 N–H and O–H groups in total. The number of nitrogens with one attached hydrogen (secondary N) is 2. The number of hydrogen-bond acceptors (Lipinski definition) is 7. The van der Waals surface area contributed by atoms with Crippen LogP contribution in [0, 0.1) is 11.6 Å². The van der Waals surface area contributed by atoms with Crippen molar-refractivity contribution in [2.45, 2.75) is 19.1 Å². The van der Waals surface area contributed by atoms with Crippen molar-refractivity contribution in [1.29, 1.82) is 0 Å². The third-order valence-electron chi connectivity index (χ3n) is 5.72. The second kappa shape index (κ2) is 10.3. The Labute approximate surface area is 211 Å². The largest absolute Gasteiger partial charge is 0.443 e. The third kappa shape index (κ3) is 6.14. The minimum Gasteiger partial charge on any atom is -0.443 e. The number of carbonyl (C=O) groups excluding carboxylic acids is 3. The van der Waals surface area contributed by atoms with Crippen LogP contribution in [0.3, 0.4) is 0 Å². The second-order valence-corrected chi connectivity index (χ2v) is 10.5. The summed E-state index contributed by atoms with van der Waals surface area (Å²) in [5.41, 5.74) is 0.245. The van der Waals surface area contributed by atoms with Crippen LogP contribution in [0.25, 0.3) is 11.1 Å². The molecule has 37 heavy (non-hydrogen) atoms. The van der Waals surface area contributed by atoms with Gasteiger partial charge in [-0.2, -0.15) is 0 Å². The summed E-state index contributed by atoms with van der Waals surface area (Å²) >= 11 is 0. The Balaban J connectivity index is 1.47. The fourth-order valence-corrected chi connectivity index (χ4v) is 4.45. The van der Waals surface area contributed by atoms with Crippen LogP contribution >= 0.6 is 0 Å². The third-order valence-corrected chi connectivity index (χ3v) is 6.41. The van der Waals surface area contributed by atoms with Crippen LogP contribution in [0.5, 0.6) is 0 Å². The first-order valence-corrected chi connectivity index (χ1v) is 13.1. The van der Waals surface area contributed by atoms with Crippen molar-refractivity contribution in [2.24, 2.45) is 0 Å². The number of carbonyl (C=O) groups is 3. The smallest absolute Gasteiger partial charge is 0.414 e. The van der Waals surface area contributed by atoms with Gasteiger partial charge in [-0.3, -0.25) is 14.6 Å². The van der Waals surface area contributed by atoms with Crippen LogP contribution in [-0.2, 0) is 24.3 Å². The number of hydrogen-bond donors (Lipinski definition) is 2. The van der Waals surface area contributed by atoms with Crippen LogP contribution in [0.15, 0.2) is 36.4 Å². The molecule has 2 atom stereocenters. The average molecular weight is 539 g/mol. The molecule has 2 heterocycles. The maximum atomic E-state index is 15.0. The molecule has 2 aliphatic heterocycles. The van der Waals surface area contributed by atoms with Crippen LogP contribution < -0.4 is 19.8 Å². The SMILES string of the molecule is CC(=O)NC[C@@H]1CN(c2ccc(-c3ccc(N4C[C@H](CNS(C)(=O)=O)OC4=O)cc3F)c(F)c2)C(=O)O1. The Hall–Kier alpha value is -3.78. The van der Waals surface area contributed by atoms with Crippen molar-refractivity contribution < 1.29 is 41.1 Å². The number of benzene rings is 2. The lowest BCUT2D eigenvalue weighted by Gasteiger charge is -2.16. The minimum atomic E-state index is -3.48. The molecule has 0 aliphatic carbocycles. The molecule has 198 valence electrons. The van der Waals surface area contributed by atoms with E-state index in [4.69, 9.17) is 9.47 Å². The van der Waals surface area contributed by atoms with Crippen LogP contribution in [-0.4, -0.2) is 71.2 Å². The fraction of sp³-hybridized carbons (Fsp3) is 0.348. The van der Waals surface area contributed by atoms with Gasteiger partial charge >= 0.3 is 12.2 Å². The zero-order valence-corrected chi connectivity index (χ0v) is 20.7. The molecule has 2 aromatic rings. The first-order valence-electron chi connectivity index (χ1n) is 11.2. The number of halogens is 2. The highest BCUT2D eigenvalue weighted by Crippen LogP contribution is 2.33. The number of sulfonamides is 1. The molecule has 0 unspecified atom stereocenters. The molecule has 0 bridgehead atoms. The van der Waals surface area contributed by atoms with Crippen molar-refractivity contribution >= 4 is 39.5 Å². The van der Waals surface area contributed by atoms with E-state index < -0.39 is 46.1 Å². The molecule has 0 radical (unpaired) electrons. The molecular weight excluding hydrogens is 514 g/mol. The lowest BCUT2D eigenvalue weighted by atomic mass is 10.0. The van der Waals surface area contributed by atoms with Gasteiger partial charge in [0.25, 0.3) is 0 Å². The number of ether oxygens (including phenoxy) is 2. The van der Waals surface area contributed by atoms with Crippen LogP contribution in [0.1, 0.15) is 6.92 Å². The number of rotatable bonds is 8. The Kier molecular flexibility index (Phi) is 7.32. The van der Waals surface area contributed by atoms with Gasteiger partial charge in [0, 0.05) is 24.6 Å². The van der Waals surface area contributed by atoms with Crippen molar-refractivity contribution in [3.63, 3.8) is 0 Å². The molecule has 0 aromatic heterocycles. The van der Waals surface area contributed by atoms with Gasteiger partial charge in [-0.05, 0) is 36.4 Å². The van der Waals surface area contributed by atoms with Gasteiger partial charge < -0.3 is 14.8 Å². The highest BCUT2D eigenvalue weighted by atomic mass is 32.2. The summed E-state index contributed by atoms with van der Waals surface area (Å²) in [4.78, 5) is 37.8. The Morgan fingerprint density at radius 1 is 0.919 bits per heavy atom. The standard InChI is InChI=1S/C23H24F2N4O7S/c1-13(30)26-9-16-11-28(22(31)35-16)14-3-5-18(20(24)7-14)19-6-4-15(8-21(19)25)29-12-17(36-23(29)32)10-27-37(2,33)34/h3-8,16-17,27H,9-12H2,1-2H3,(H,26,30)/t16-,17+/m1/s1. The van der Waals surface area contributed by atoms with E-state index in [0.717, 1.165) is 23.3 Å². The monoisotopic (exact) mass is 538 g/mol. The first-order chi connectivity index (χ1) is 17.4. The van der Waals surface area contributed by atoms with Gasteiger partial charge in [-0.25, -0.2) is 31.5 Å². The van der Waals surface area contributed by atoms with Gasteiger partial charge in [0.1, 0.15) is 23.8 Å². The number of anilines is 2. The van der Waals surface area contributed by atoms with Gasteiger partial charge in [-0.1, -0.05) is 0 Å². The first kappa shape index (κ1) is 26.3. The molecule has 0 spiro atoms. The molecule has 4 rings (SSSR count). The summed E-state index contributed by atoms with van der Waals surface area (Å²) in [5, 5.41) is 2.55. The summed E-state index contributed by atoms with van der Waals surface area (Å²) < 4.78 is 65.1. The molecule has 3 amide bonds. The van der Waals surface area contributed by atoms with Crippen molar-refractivity contribution in [2.75, 3.05) is 42.2 Å². The summed E-state index contributed by atoms with van der Waals surface area (Å²) in [6.07, 6.45) is -1.84. The zero-order valence-electron chi connectivity index (χ0n) is 19.9. The molecule has 2 aromatic carbocycles. The van der Waals surface area contributed by atoms with Gasteiger partial charge in [0.15, 0.2) is 0 Å². The molecular formula is C23H24F2N4O7S. The summed E-state index contributed by atoms with van der Waals surface area (Å²) in [6.45, 7) is 1.43. The van der Waals surface area contributed by atoms with E-state index in [-0.39, 0.29) is 54.6 Å². The zero-order chi connectivity index (χ0) is 26.9. The van der Waals surface area contributed by atoms with Crippen molar-refractivity contribution in [3.8, 4) is 11.1 Å². The molecule has 2 fully saturated rings. The summed E-state index contributed by atoms with van der Waals surface area (Å²) in [5.74, 6) is -1.86. The molecule has 2 aliphatic rings. The van der Waals surface area contributed by atoms with E-state index in [2.05, 4.69) is 10.0 Å². The van der Waals surface area contributed by atoms with Crippen molar-refractivity contribution in [3.05, 3.63) is 48.0 Å². The van der Waals surface area contributed by atoms with E-state index in [1.165, 1.54) is 36.1 Å². The Bertz CT molecular complexity index is 1350. The lowest BCUT2D eigenvalue weighted by molar-refractivity contribution is -0.119. The number of cyclic esters (lactones) is 2. The van der Waals surface area contributed by atoms with E-state index in [1.807, 2.05) is 0 Å². The van der Waals surface area contributed by atoms with Gasteiger partial charge in [0.05, 0.1) is 37.3 Å². The average Bonchev–Trinajstić information content (AvgIpc) is 3.38. The maximum absolute atomic E-state index is 15.0. The highest BCUT2D eigenvalue weighted by Gasteiger charge is 2.34. The Morgan fingerprint density at radius 2 is 1.38 bits per heavy atom. The highest BCUT2D eigenvalue weighted by molar-refractivity contribution is 7.88. The quantitative estimate of drug-likeness (QED) is 0.525.